The molecule has 0 aliphatic heterocycles. The van der Waals surface area contributed by atoms with Gasteiger partial charge in [-0.05, 0) is 43.3 Å². The zero-order valence-corrected chi connectivity index (χ0v) is 10.6. The van der Waals surface area contributed by atoms with Gasteiger partial charge in [0.1, 0.15) is 0 Å². The minimum absolute atomic E-state index is 0.467. The first-order chi connectivity index (χ1) is 7.35. The Labute approximate surface area is 94.4 Å². The first kappa shape index (κ1) is 13.3. The number of hydrogen-bond acceptors (Lipinski definition) is 1. The highest BCUT2D eigenvalue weighted by atomic mass is 28.4. The molecule has 16 heavy (non-hydrogen) atoms. The van der Waals surface area contributed by atoms with Crippen LogP contribution in [0.15, 0.2) is 12.1 Å². The van der Waals surface area contributed by atoms with E-state index in [0.29, 0.717) is 12.0 Å². The Morgan fingerprint density at radius 3 is 2.06 bits per heavy atom. The van der Waals surface area contributed by atoms with E-state index < -0.39 is 25.8 Å². The van der Waals surface area contributed by atoms with E-state index in [2.05, 4.69) is 0 Å². The topological polar surface area (TPSA) is 9.23 Å². The van der Waals surface area contributed by atoms with E-state index in [9.17, 15) is 13.2 Å². The molecule has 0 aromatic heterocycles. The van der Waals surface area contributed by atoms with Crippen LogP contribution in [0.25, 0.3) is 0 Å². The molecule has 0 aliphatic carbocycles. The molecule has 0 fully saturated rings. The van der Waals surface area contributed by atoms with Gasteiger partial charge in [-0.1, -0.05) is 0 Å². The lowest BCUT2D eigenvalue weighted by molar-refractivity contribution is 0.403. The van der Waals surface area contributed by atoms with E-state index in [-0.39, 0.29) is 0 Å². The van der Waals surface area contributed by atoms with Crippen LogP contribution in [-0.2, 0) is 10.8 Å². The molecule has 90 valence electrons. The average molecular weight is 248 g/mol. The van der Waals surface area contributed by atoms with Crippen molar-refractivity contribution in [3.05, 3.63) is 35.1 Å². The van der Waals surface area contributed by atoms with Gasteiger partial charge in [0.05, 0.1) is 0 Å². The molecular formula is C11H15F3OSi. The van der Waals surface area contributed by atoms with Crippen molar-refractivity contribution in [1.82, 2.24) is 0 Å². The van der Waals surface area contributed by atoms with E-state index in [1.165, 1.54) is 0 Å². The van der Waals surface area contributed by atoms with Gasteiger partial charge in [0, 0.05) is 7.11 Å². The first-order valence-corrected chi connectivity index (χ1v) is 8.16. The zero-order valence-electron chi connectivity index (χ0n) is 9.61. The van der Waals surface area contributed by atoms with Crippen LogP contribution in [0.4, 0.5) is 13.2 Å². The summed E-state index contributed by atoms with van der Waals surface area (Å²) < 4.78 is 43.8. The van der Waals surface area contributed by atoms with E-state index in [1.54, 1.807) is 7.11 Å². The molecule has 0 radical (unpaired) electrons. The Kier molecular flexibility index (Phi) is 4.15. The molecule has 1 rings (SSSR count). The molecule has 0 heterocycles. The number of benzene rings is 1. The molecule has 0 saturated carbocycles. The monoisotopic (exact) mass is 248 g/mol. The molecule has 0 spiro atoms. The van der Waals surface area contributed by atoms with Gasteiger partial charge in [0.15, 0.2) is 25.8 Å². The first-order valence-electron chi connectivity index (χ1n) is 5.04. The van der Waals surface area contributed by atoms with Gasteiger partial charge in [-0.2, -0.15) is 0 Å². The van der Waals surface area contributed by atoms with Crippen molar-refractivity contribution in [3.8, 4) is 0 Å². The van der Waals surface area contributed by atoms with Crippen LogP contribution in [0, 0.1) is 17.5 Å². The molecule has 0 aliphatic rings. The minimum atomic E-state index is -1.75. The zero-order chi connectivity index (χ0) is 12.3. The third kappa shape index (κ3) is 3.35. The van der Waals surface area contributed by atoms with Gasteiger partial charge < -0.3 is 4.43 Å². The molecule has 0 bridgehead atoms. The highest BCUT2D eigenvalue weighted by molar-refractivity contribution is 6.71. The number of rotatable bonds is 4. The summed E-state index contributed by atoms with van der Waals surface area (Å²) >= 11 is 0. The van der Waals surface area contributed by atoms with Crippen molar-refractivity contribution in [3.63, 3.8) is 0 Å². The van der Waals surface area contributed by atoms with Crippen LogP contribution >= 0.6 is 0 Å². The third-order valence-corrected chi connectivity index (χ3v) is 5.17. The van der Waals surface area contributed by atoms with Crippen molar-refractivity contribution < 1.29 is 17.6 Å². The molecule has 0 unspecified atom stereocenters. The summed E-state index contributed by atoms with van der Waals surface area (Å²) in [5.41, 5.74) is 0.467. The Morgan fingerprint density at radius 1 is 1.12 bits per heavy atom. The van der Waals surface area contributed by atoms with E-state index >= 15 is 0 Å². The largest absolute Gasteiger partial charge is 0.420 e. The lowest BCUT2D eigenvalue weighted by Gasteiger charge is -2.19. The Bertz CT molecular complexity index is 356. The van der Waals surface area contributed by atoms with Crippen molar-refractivity contribution in [2.24, 2.45) is 0 Å². The smallest absolute Gasteiger partial charge is 0.194 e. The van der Waals surface area contributed by atoms with Crippen molar-refractivity contribution in [1.29, 1.82) is 0 Å². The second kappa shape index (κ2) is 5.01. The Morgan fingerprint density at radius 2 is 1.62 bits per heavy atom. The Hall–Kier alpha value is -0.813. The van der Waals surface area contributed by atoms with Gasteiger partial charge >= 0.3 is 0 Å². The predicted octanol–water partition coefficient (Wildman–Crippen LogP) is 3.50. The molecular weight excluding hydrogens is 233 g/mol. The van der Waals surface area contributed by atoms with E-state index in [0.717, 1.165) is 18.2 Å². The fraction of sp³-hybridized carbons (Fsp3) is 0.455. The Balaban J connectivity index is 2.76. The van der Waals surface area contributed by atoms with Gasteiger partial charge in [0.25, 0.3) is 0 Å². The van der Waals surface area contributed by atoms with Crippen molar-refractivity contribution in [2.45, 2.75) is 25.6 Å². The van der Waals surface area contributed by atoms with E-state index in [1.807, 2.05) is 13.1 Å². The molecule has 0 saturated heterocycles. The summed E-state index contributed by atoms with van der Waals surface area (Å²) in [4.78, 5) is 0. The van der Waals surface area contributed by atoms with Crippen LogP contribution in [-0.4, -0.2) is 15.4 Å². The fourth-order valence-electron chi connectivity index (χ4n) is 1.30. The van der Waals surface area contributed by atoms with Gasteiger partial charge in [-0.3, -0.25) is 0 Å². The highest BCUT2D eigenvalue weighted by Crippen LogP contribution is 2.18. The molecule has 1 aromatic rings. The van der Waals surface area contributed by atoms with E-state index in [4.69, 9.17) is 4.43 Å². The minimum Gasteiger partial charge on any atom is -0.420 e. The van der Waals surface area contributed by atoms with Crippen LogP contribution < -0.4 is 0 Å². The summed E-state index contributed by atoms with van der Waals surface area (Å²) in [6.07, 6.45) is 0.501. The normalized spacial score (nSPS) is 11.9. The SMILES string of the molecule is CO[Si](C)(C)CCc1cc(F)c(F)c(F)c1. The number of hydrogen-bond donors (Lipinski definition) is 0. The second-order valence-electron chi connectivity index (χ2n) is 4.34. The van der Waals surface area contributed by atoms with Gasteiger partial charge in [-0.15, -0.1) is 0 Å². The summed E-state index contributed by atoms with van der Waals surface area (Å²) in [7, 11) is -0.110. The summed E-state index contributed by atoms with van der Waals surface area (Å²) in [6, 6.07) is 2.82. The quantitative estimate of drug-likeness (QED) is 0.585. The molecule has 5 heteroatoms. The fourth-order valence-corrected chi connectivity index (χ4v) is 2.39. The molecule has 0 amide bonds. The van der Waals surface area contributed by atoms with Crippen molar-refractivity contribution in [2.75, 3.05) is 7.11 Å². The van der Waals surface area contributed by atoms with Crippen LogP contribution in [0.5, 0.6) is 0 Å². The molecule has 0 N–H and O–H groups in total. The number of aryl methyl sites for hydroxylation is 1. The number of halogens is 3. The molecule has 0 atom stereocenters. The average Bonchev–Trinajstić information content (AvgIpc) is 2.23. The van der Waals surface area contributed by atoms with Crippen molar-refractivity contribution >= 4 is 8.32 Å². The second-order valence-corrected chi connectivity index (χ2v) is 8.76. The molecule has 1 aromatic carbocycles. The van der Waals surface area contributed by atoms with Crippen LogP contribution in [0.1, 0.15) is 5.56 Å². The van der Waals surface area contributed by atoms with Crippen LogP contribution in [0.3, 0.4) is 0 Å². The van der Waals surface area contributed by atoms with Gasteiger partial charge in [0.2, 0.25) is 0 Å². The summed E-state index contributed by atoms with van der Waals surface area (Å²) in [5, 5.41) is 0. The van der Waals surface area contributed by atoms with Crippen LogP contribution in [0.2, 0.25) is 19.1 Å². The predicted molar refractivity (Wildman–Crippen MR) is 59.3 cm³/mol. The third-order valence-electron chi connectivity index (χ3n) is 2.61. The van der Waals surface area contributed by atoms with Gasteiger partial charge in [-0.25, -0.2) is 13.2 Å². The maximum atomic E-state index is 12.9. The summed E-state index contributed by atoms with van der Waals surface area (Å²) in [5.74, 6) is -3.68. The lowest BCUT2D eigenvalue weighted by Crippen LogP contribution is -2.28. The maximum absolute atomic E-state index is 12.9. The summed E-state index contributed by atoms with van der Waals surface area (Å²) in [6.45, 7) is 4.03. The lowest BCUT2D eigenvalue weighted by atomic mass is 10.1. The highest BCUT2D eigenvalue weighted by Gasteiger charge is 2.20. The standard InChI is InChI=1S/C11H15F3OSi/c1-15-16(2,3)5-4-8-6-9(12)11(14)10(13)7-8/h6-7H,4-5H2,1-3H3. The maximum Gasteiger partial charge on any atom is 0.194 e. The molecule has 1 nitrogen and oxygen atoms in total.